The minimum absolute atomic E-state index is 0.0817. The van der Waals surface area contributed by atoms with Gasteiger partial charge in [0.25, 0.3) is 11.5 Å². The van der Waals surface area contributed by atoms with Crippen molar-refractivity contribution in [1.29, 1.82) is 0 Å². The van der Waals surface area contributed by atoms with E-state index < -0.39 is 0 Å². The highest BCUT2D eigenvalue weighted by atomic mass is 16.2. The standard InChI is InChI=1S/C31H39N7O2/c1-20(2)38-29-26(17-32-38)25(31(40)36(6)19-27-21(3)14-22(4)33-30(27)39)16-28(34-29)24-9-7-8-23(15-24)18-37-12-10-35(5)11-13-37/h7-9,14-17,20H,10-13,18-19H2,1-6H3,(H,33,39). The van der Waals surface area contributed by atoms with Crippen LogP contribution in [0.25, 0.3) is 22.3 Å². The van der Waals surface area contributed by atoms with Crippen molar-refractivity contribution in [3.05, 3.63) is 80.9 Å². The molecule has 4 aromatic rings. The zero-order valence-corrected chi connectivity index (χ0v) is 24.4. The third kappa shape index (κ3) is 5.71. The molecule has 0 atom stereocenters. The number of nitrogens with one attached hydrogen (secondary N) is 1. The molecule has 1 saturated heterocycles. The molecule has 1 fully saturated rings. The highest BCUT2D eigenvalue weighted by Gasteiger charge is 2.23. The first kappa shape index (κ1) is 27.7. The van der Waals surface area contributed by atoms with E-state index in [-0.39, 0.29) is 24.1 Å². The smallest absolute Gasteiger partial charge is 0.254 e. The quantitative estimate of drug-likeness (QED) is 0.380. The lowest BCUT2D eigenvalue weighted by atomic mass is 10.0. The van der Waals surface area contributed by atoms with E-state index >= 15 is 0 Å². The molecule has 0 aliphatic carbocycles. The predicted octanol–water partition coefficient (Wildman–Crippen LogP) is 4.00. The van der Waals surface area contributed by atoms with Gasteiger partial charge in [0.1, 0.15) is 0 Å². The molecule has 0 spiro atoms. The topological polar surface area (TPSA) is 90.4 Å². The van der Waals surface area contributed by atoms with Crippen LogP contribution < -0.4 is 5.56 Å². The van der Waals surface area contributed by atoms with Gasteiger partial charge in [-0.3, -0.25) is 14.5 Å². The molecule has 1 aromatic carbocycles. The van der Waals surface area contributed by atoms with Crippen LogP contribution in [0.1, 0.15) is 52.6 Å². The first-order valence-electron chi connectivity index (χ1n) is 13.9. The van der Waals surface area contributed by atoms with Crippen LogP contribution in [0.4, 0.5) is 0 Å². The second kappa shape index (κ2) is 11.3. The third-order valence-electron chi connectivity index (χ3n) is 7.75. The molecule has 9 heteroatoms. The number of piperazine rings is 1. The van der Waals surface area contributed by atoms with Gasteiger partial charge in [-0.2, -0.15) is 5.10 Å². The number of amides is 1. The minimum Gasteiger partial charge on any atom is -0.337 e. The summed E-state index contributed by atoms with van der Waals surface area (Å²) in [4.78, 5) is 40.9. The van der Waals surface area contributed by atoms with E-state index in [1.807, 2.05) is 36.7 Å². The summed E-state index contributed by atoms with van der Waals surface area (Å²) < 4.78 is 1.86. The fourth-order valence-electron chi connectivity index (χ4n) is 5.41. The molecule has 0 unspecified atom stereocenters. The highest BCUT2D eigenvalue weighted by molar-refractivity contribution is 6.06. The Morgan fingerprint density at radius 1 is 1.10 bits per heavy atom. The number of nitrogens with zero attached hydrogens (tertiary/aromatic N) is 6. The Morgan fingerprint density at radius 2 is 1.85 bits per heavy atom. The summed E-state index contributed by atoms with van der Waals surface area (Å²) in [6.07, 6.45) is 1.72. The summed E-state index contributed by atoms with van der Waals surface area (Å²) in [5.41, 5.74) is 6.22. The Bertz CT molecular complexity index is 1600. The fourth-order valence-corrected chi connectivity index (χ4v) is 5.41. The first-order valence-corrected chi connectivity index (χ1v) is 13.9. The Morgan fingerprint density at radius 3 is 2.55 bits per heavy atom. The minimum atomic E-state index is -0.176. The average molecular weight is 542 g/mol. The van der Waals surface area contributed by atoms with Gasteiger partial charge in [0.2, 0.25) is 0 Å². The van der Waals surface area contributed by atoms with Crippen molar-refractivity contribution in [2.75, 3.05) is 40.3 Å². The van der Waals surface area contributed by atoms with E-state index in [4.69, 9.17) is 4.98 Å². The second-order valence-corrected chi connectivity index (χ2v) is 11.4. The van der Waals surface area contributed by atoms with E-state index in [2.05, 4.69) is 59.0 Å². The zero-order valence-electron chi connectivity index (χ0n) is 24.4. The normalized spacial score (nSPS) is 14.8. The Labute approximate surface area is 235 Å². The van der Waals surface area contributed by atoms with Crippen LogP contribution in [0.3, 0.4) is 0 Å². The largest absolute Gasteiger partial charge is 0.337 e. The molecule has 9 nitrogen and oxygen atoms in total. The van der Waals surface area contributed by atoms with Gasteiger partial charge in [-0.1, -0.05) is 18.2 Å². The first-order chi connectivity index (χ1) is 19.1. The number of aromatic amines is 1. The number of likely N-dealkylation sites (N-methyl/N-ethyl adjacent to an activating group) is 1. The van der Waals surface area contributed by atoms with Crippen molar-refractivity contribution >= 4 is 16.9 Å². The number of fused-ring (bicyclic) bond motifs is 1. The maximum absolute atomic E-state index is 13.9. The van der Waals surface area contributed by atoms with Crippen LogP contribution in [0.15, 0.2) is 47.4 Å². The zero-order chi connectivity index (χ0) is 28.6. The highest BCUT2D eigenvalue weighted by Crippen LogP contribution is 2.28. The summed E-state index contributed by atoms with van der Waals surface area (Å²) in [6, 6.07) is 12.3. The Kier molecular flexibility index (Phi) is 7.87. The molecule has 1 N–H and O–H groups in total. The number of aromatic nitrogens is 4. The van der Waals surface area contributed by atoms with Gasteiger partial charge < -0.3 is 14.8 Å². The molecular weight excluding hydrogens is 502 g/mol. The molecule has 0 bridgehead atoms. The van der Waals surface area contributed by atoms with E-state index in [1.54, 1.807) is 18.1 Å². The van der Waals surface area contributed by atoms with Crippen LogP contribution in [-0.2, 0) is 13.1 Å². The number of carbonyl (C=O) groups excluding carboxylic acids is 1. The SMILES string of the molecule is Cc1cc(C)c(CN(C)C(=O)c2cc(-c3cccc(CN4CCN(C)CC4)c3)nc3c2cnn3C(C)C)c(=O)[nH]1. The molecule has 4 heterocycles. The van der Waals surface area contributed by atoms with Crippen LogP contribution in [0.2, 0.25) is 0 Å². The van der Waals surface area contributed by atoms with Crippen molar-refractivity contribution in [2.24, 2.45) is 0 Å². The summed E-state index contributed by atoms with van der Waals surface area (Å²) >= 11 is 0. The molecule has 1 aliphatic heterocycles. The predicted molar refractivity (Wildman–Crippen MR) is 158 cm³/mol. The number of benzene rings is 1. The number of aryl methyl sites for hydroxylation is 2. The molecule has 3 aromatic heterocycles. The number of pyridine rings is 2. The summed E-state index contributed by atoms with van der Waals surface area (Å²) in [6.45, 7) is 13.2. The molecular formula is C31H39N7O2. The van der Waals surface area contributed by atoms with Crippen molar-refractivity contribution in [1.82, 2.24) is 34.4 Å². The summed E-state index contributed by atoms with van der Waals surface area (Å²) in [7, 11) is 3.90. The average Bonchev–Trinajstić information content (AvgIpc) is 3.35. The van der Waals surface area contributed by atoms with Gasteiger partial charge in [-0.25, -0.2) is 9.67 Å². The number of hydrogen-bond donors (Lipinski definition) is 1. The van der Waals surface area contributed by atoms with Crippen molar-refractivity contribution in [3.63, 3.8) is 0 Å². The van der Waals surface area contributed by atoms with Crippen molar-refractivity contribution < 1.29 is 4.79 Å². The molecule has 40 heavy (non-hydrogen) atoms. The van der Waals surface area contributed by atoms with Crippen molar-refractivity contribution in [2.45, 2.75) is 46.8 Å². The number of rotatable bonds is 7. The fraction of sp³-hybridized carbons (Fsp3) is 0.419. The van der Waals surface area contributed by atoms with Crippen LogP contribution >= 0.6 is 0 Å². The molecule has 1 amide bonds. The van der Waals surface area contributed by atoms with Crippen LogP contribution in [0.5, 0.6) is 0 Å². The molecule has 1 aliphatic rings. The van der Waals surface area contributed by atoms with E-state index in [0.717, 1.165) is 55.2 Å². The van der Waals surface area contributed by atoms with Gasteiger partial charge in [-0.15, -0.1) is 0 Å². The van der Waals surface area contributed by atoms with Crippen molar-refractivity contribution in [3.8, 4) is 11.3 Å². The van der Waals surface area contributed by atoms with Gasteiger partial charge in [-0.05, 0) is 64.1 Å². The second-order valence-electron chi connectivity index (χ2n) is 11.4. The maximum atomic E-state index is 13.9. The Balaban J connectivity index is 1.51. The molecule has 0 saturated carbocycles. The van der Waals surface area contributed by atoms with Gasteiger partial charge in [0.15, 0.2) is 5.65 Å². The lowest BCUT2D eigenvalue weighted by Crippen LogP contribution is -2.43. The van der Waals surface area contributed by atoms with Gasteiger partial charge in [0.05, 0.1) is 29.4 Å². The lowest BCUT2D eigenvalue weighted by Gasteiger charge is -2.32. The van der Waals surface area contributed by atoms with Gasteiger partial charge >= 0.3 is 0 Å². The number of H-pyrrole nitrogens is 1. The summed E-state index contributed by atoms with van der Waals surface area (Å²) in [5.74, 6) is -0.176. The number of carbonyl (C=O) groups is 1. The monoisotopic (exact) mass is 541 g/mol. The third-order valence-corrected chi connectivity index (χ3v) is 7.75. The molecule has 5 rings (SSSR count). The van der Waals surface area contributed by atoms with E-state index in [0.29, 0.717) is 22.2 Å². The summed E-state index contributed by atoms with van der Waals surface area (Å²) in [5, 5.41) is 5.28. The van der Waals surface area contributed by atoms with Gasteiger partial charge in [0, 0.05) is 62.6 Å². The van der Waals surface area contributed by atoms with E-state index in [9.17, 15) is 9.59 Å². The van der Waals surface area contributed by atoms with Crippen LogP contribution in [0, 0.1) is 13.8 Å². The van der Waals surface area contributed by atoms with E-state index in [1.165, 1.54) is 5.56 Å². The number of hydrogen-bond acceptors (Lipinski definition) is 6. The molecule has 210 valence electrons. The Hall–Kier alpha value is -3.82. The van der Waals surface area contributed by atoms with Crippen LogP contribution in [-0.4, -0.2) is 80.6 Å². The molecule has 0 radical (unpaired) electrons. The maximum Gasteiger partial charge on any atom is 0.254 e. The lowest BCUT2D eigenvalue weighted by molar-refractivity contribution is 0.0786.